The van der Waals surface area contributed by atoms with Crippen LogP contribution < -0.4 is 0 Å². The number of aliphatic hydroxyl groups excluding tert-OH is 2. The van der Waals surface area contributed by atoms with E-state index in [1.165, 1.54) is 26.3 Å². The van der Waals surface area contributed by atoms with E-state index in [1.807, 2.05) is 126 Å². The van der Waals surface area contributed by atoms with Crippen LogP contribution in [0.15, 0.2) is 106 Å². The second-order valence-corrected chi connectivity index (χ2v) is 12.5. The maximum absolute atomic E-state index is 13.0. The fraction of sp³-hybridized carbons (Fsp3) is 0.238. The van der Waals surface area contributed by atoms with Gasteiger partial charge >= 0.3 is 0 Å². The normalized spacial score (nSPS) is 14.1. The molecule has 0 aliphatic rings. The molecule has 48 heavy (non-hydrogen) atoms. The monoisotopic (exact) mass is 640 g/mol. The number of nitrogens with zero attached hydrogens (tertiary/aromatic N) is 2. The zero-order valence-corrected chi connectivity index (χ0v) is 29.0. The number of hydrogen-bond acceptors (Lipinski definition) is 6. The molecule has 1 unspecified atom stereocenters. The van der Waals surface area contributed by atoms with Crippen LogP contribution in [-0.2, 0) is 9.59 Å². The number of carbonyl (C=O) groups excluding carboxylic acids is 2. The topological polar surface area (TPSA) is 99.3 Å². The summed E-state index contributed by atoms with van der Waals surface area (Å²) in [6, 6.07) is 25.7. The Bertz CT molecular complexity index is 1760. The van der Waals surface area contributed by atoms with Gasteiger partial charge in [0.25, 0.3) is 0 Å². The molecule has 4 rings (SSSR count). The molecular weight excluding hydrogens is 596 g/mol. The molecule has 0 aromatic heterocycles. The van der Waals surface area contributed by atoms with Crippen molar-refractivity contribution in [2.24, 2.45) is 9.98 Å². The number of aliphatic imine (C=N–C) groups is 2. The molecule has 0 radical (unpaired) electrons. The number of ketones is 2. The molecule has 0 saturated heterocycles. The molecule has 2 atom stereocenters. The molecule has 0 aliphatic heterocycles. The number of rotatable bonds is 11. The van der Waals surface area contributed by atoms with Crippen LogP contribution in [0.3, 0.4) is 0 Å². The molecule has 0 spiro atoms. The lowest BCUT2D eigenvalue weighted by Gasteiger charge is -2.22. The number of carbonyl (C=O) groups is 2. The fourth-order valence-electron chi connectivity index (χ4n) is 6.32. The van der Waals surface area contributed by atoms with Crippen molar-refractivity contribution in [1.29, 1.82) is 0 Å². The van der Waals surface area contributed by atoms with Gasteiger partial charge in [0.05, 0.1) is 11.1 Å². The van der Waals surface area contributed by atoms with Crippen molar-refractivity contribution >= 4 is 35.5 Å². The Morgan fingerprint density at radius 3 is 1.10 bits per heavy atom. The first-order valence-electron chi connectivity index (χ1n) is 16.0. The summed E-state index contributed by atoms with van der Waals surface area (Å²) in [5.41, 5.74) is 8.51. The molecule has 246 valence electrons. The molecule has 4 aromatic rings. The Kier molecular flexibility index (Phi) is 11.5. The number of allylic oxidation sites excluding steroid dienone is 2. The molecule has 0 amide bonds. The zero-order chi connectivity index (χ0) is 35.1. The summed E-state index contributed by atoms with van der Waals surface area (Å²) < 4.78 is 0. The van der Waals surface area contributed by atoms with E-state index in [9.17, 15) is 19.8 Å². The van der Waals surface area contributed by atoms with E-state index < -0.39 is 12.1 Å². The standard InChI is InChI=1S/C42H44N2O4/c1-25-19-27(3)37(28(4)20-25)41(47)35(31(7)45)23-43-39(33-15-11-9-12-16-33)40(34-17-13-10-14-18-34)44-24-36(32(8)46)42(48)38-29(5)21-26(2)22-30(38)6/h9-24,39-40,47-48H,1-8H3/t39-,40?/m1/s1. The number of benzene rings is 4. The van der Waals surface area contributed by atoms with Crippen LogP contribution in [0.4, 0.5) is 0 Å². The average Bonchev–Trinajstić information content (AvgIpc) is 3.01. The number of Topliss-reactive ketones (excluding diaryl/α,β-unsaturated/α-hetero) is 2. The first-order chi connectivity index (χ1) is 22.8. The maximum Gasteiger partial charge on any atom is 0.165 e. The van der Waals surface area contributed by atoms with Crippen LogP contribution in [-0.4, -0.2) is 34.2 Å². The van der Waals surface area contributed by atoms with Gasteiger partial charge in [-0.1, -0.05) is 96.1 Å². The molecule has 2 N–H and O–H groups in total. The summed E-state index contributed by atoms with van der Waals surface area (Å²) in [6.07, 6.45) is 2.86. The van der Waals surface area contributed by atoms with Crippen molar-refractivity contribution in [3.05, 3.63) is 152 Å². The molecular formula is C42H44N2O4. The lowest BCUT2D eigenvalue weighted by Crippen LogP contribution is -2.12. The Balaban J connectivity index is 1.93. The summed E-state index contributed by atoms with van der Waals surface area (Å²) in [4.78, 5) is 35.9. The predicted octanol–water partition coefficient (Wildman–Crippen LogP) is 9.58. The van der Waals surface area contributed by atoms with E-state index in [0.717, 1.165) is 44.5 Å². The molecule has 0 aliphatic carbocycles. The van der Waals surface area contributed by atoms with Crippen LogP contribution in [0, 0.1) is 41.5 Å². The lowest BCUT2D eigenvalue weighted by molar-refractivity contribution is -0.114. The van der Waals surface area contributed by atoms with Gasteiger partial charge in [0.2, 0.25) is 0 Å². The van der Waals surface area contributed by atoms with Gasteiger partial charge in [-0.25, -0.2) is 0 Å². The highest BCUT2D eigenvalue weighted by atomic mass is 16.3. The zero-order valence-electron chi connectivity index (χ0n) is 29.0. The van der Waals surface area contributed by atoms with Crippen molar-refractivity contribution in [3.63, 3.8) is 0 Å². The van der Waals surface area contributed by atoms with E-state index in [2.05, 4.69) is 0 Å². The Labute approximate surface area is 283 Å². The highest BCUT2D eigenvalue weighted by Crippen LogP contribution is 2.36. The third kappa shape index (κ3) is 8.13. The van der Waals surface area contributed by atoms with Crippen LogP contribution >= 0.6 is 0 Å². The minimum absolute atomic E-state index is 0.0778. The molecule has 4 aromatic carbocycles. The van der Waals surface area contributed by atoms with Crippen LogP contribution in [0.25, 0.3) is 11.5 Å². The summed E-state index contributed by atoms with van der Waals surface area (Å²) in [6.45, 7) is 14.4. The third-order valence-corrected chi connectivity index (χ3v) is 8.41. The number of aliphatic hydroxyl groups is 2. The first kappa shape index (κ1) is 35.5. The Morgan fingerprint density at radius 2 is 0.833 bits per heavy atom. The van der Waals surface area contributed by atoms with Crippen molar-refractivity contribution in [3.8, 4) is 0 Å². The molecule has 0 bridgehead atoms. The van der Waals surface area contributed by atoms with Crippen molar-refractivity contribution in [1.82, 2.24) is 0 Å². The van der Waals surface area contributed by atoms with Crippen LogP contribution in [0.2, 0.25) is 0 Å². The Hall–Kier alpha value is -5.36. The van der Waals surface area contributed by atoms with Gasteiger partial charge < -0.3 is 10.2 Å². The SMILES string of the molecule is CC(=O)C(C=NC(c1ccccc1)[C@H](N=CC(C(C)=O)=C(O)c1c(C)cc(C)cc1C)c1ccccc1)=C(O)c1c(C)cc(C)cc1C. The Morgan fingerprint density at radius 1 is 0.542 bits per heavy atom. The van der Waals surface area contributed by atoms with Gasteiger partial charge in [-0.2, -0.15) is 0 Å². The fourth-order valence-corrected chi connectivity index (χ4v) is 6.32. The quantitative estimate of drug-likeness (QED) is 0.0969. The summed E-state index contributed by atoms with van der Waals surface area (Å²) in [7, 11) is 0. The first-order valence-corrected chi connectivity index (χ1v) is 16.0. The van der Waals surface area contributed by atoms with E-state index in [-0.39, 0.29) is 34.2 Å². The number of hydrogen-bond donors (Lipinski definition) is 2. The number of aryl methyl sites for hydroxylation is 6. The average molecular weight is 641 g/mol. The van der Waals surface area contributed by atoms with Crippen molar-refractivity contribution in [2.75, 3.05) is 0 Å². The van der Waals surface area contributed by atoms with E-state index in [0.29, 0.717) is 11.1 Å². The molecule has 0 heterocycles. The largest absolute Gasteiger partial charge is 0.506 e. The maximum atomic E-state index is 13.0. The van der Waals surface area contributed by atoms with E-state index in [4.69, 9.17) is 9.98 Å². The summed E-state index contributed by atoms with van der Waals surface area (Å²) >= 11 is 0. The van der Waals surface area contributed by atoms with E-state index in [1.54, 1.807) is 0 Å². The highest BCUT2D eigenvalue weighted by molar-refractivity contribution is 6.18. The summed E-state index contributed by atoms with van der Waals surface area (Å²) in [5, 5.41) is 23.0. The molecule has 0 saturated carbocycles. The van der Waals surface area contributed by atoms with Crippen LogP contribution in [0.1, 0.15) is 81.6 Å². The third-order valence-electron chi connectivity index (χ3n) is 8.41. The van der Waals surface area contributed by atoms with Crippen molar-refractivity contribution in [2.45, 2.75) is 67.5 Å². The predicted molar refractivity (Wildman–Crippen MR) is 197 cm³/mol. The van der Waals surface area contributed by atoms with E-state index >= 15 is 0 Å². The molecule has 6 nitrogen and oxygen atoms in total. The van der Waals surface area contributed by atoms with Gasteiger partial charge in [0.15, 0.2) is 11.6 Å². The minimum atomic E-state index is -0.662. The summed E-state index contributed by atoms with van der Waals surface area (Å²) in [5.74, 6) is -0.942. The second kappa shape index (κ2) is 15.5. The van der Waals surface area contributed by atoms with Gasteiger partial charge in [-0.15, -0.1) is 0 Å². The van der Waals surface area contributed by atoms with Gasteiger partial charge in [-0.05, 0) is 88.8 Å². The second-order valence-electron chi connectivity index (χ2n) is 12.5. The van der Waals surface area contributed by atoms with Gasteiger partial charge in [0.1, 0.15) is 23.6 Å². The lowest BCUT2D eigenvalue weighted by atomic mass is 9.93. The van der Waals surface area contributed by atoms with Crippen LogP contribution in [0.5, 0.6) is 0 Å². The van der Waals surface area contributed by atoms with Gasteiger partial charge in [-0.3, -0.25) is 19.6 Å². The van der Waals surface area contributed by atoms with Crippen molar-refractivity contribution < 1.29 is 19.8 Å². The molecule has 0 fully saturated rings. The smallest absolute Gasteiger partial charge is 0.165 e. The minimum Gasteiger partial charge on any atom is -0.506 e. The molecule has 6 heteroatoms. The highest BCUT2D eigenvalue weighted by Gasteiger charge is 2.25. The van der Waals surface area contributed by atoms with Gasteiger partial charge in [0, 0.05) is 23.6 Å².